The Morgan fingerprint density at radius 1 is 0.897 bits per heavy atom. The number of aromatic amines is 1. The van der Waals surface area contributed by atoms with Gasteiger partial charge < -0.3 is 38.4 Å². The van der Waals surface area contributed by atoms with Crippen molar-refractivity contribution in [3.63, 3.8) is 0 Å². The van der Waals surface area contributed by atoms with E-state index in [1.165, 1.54) is 46.0 Å². The molecule has 2 N–H and O–H groups in total. The van der Waals surface area contributed by atoms with E-state index in [9.17, 15) is 14.7 Å². The van der Waals surface area contributed by atoms with Crippen molar-refractivity contribution >= 4 is 34.5 Å². The normalized spacial score (nSPS) is 35.8. The molecule has 1 aromatic heterocycles. The van der Waals surface area contributed by atoms with E-state index in [0.717, 1.165) is 88.9 Å². The predicted molar refractivity (Wildman–Crippen MR) is 259 cm³/mol. The van der Waals surface area contributed by atoms with Crippen LogP contribution in [-0.4, -0.2) is 122 Å². The van der Waals surface area contributed by atoms with E-state index in [-0.39, 0.29) is 17.9 Å². The van der Waals surface area contributed by atoms with Crippen LogP contribution < -0.4 is 9.64 Å². The molecule has 1 spiro atoms. The summed E-state index contributed by atoms with van der Waals surface area (Å²) in [5.41, 5.74) is 1.32. The van der Waals surface area contributed by atoms with Gasteiger partial charge in [0.2, 0.25) is 5.60 Å². The average Bonchev–Trinajstić information content (AvgIpc) is 4.01. The van der Waals surface area contributed by atoms with Crippen molar-refractivity contribution in [2.45, 2.75) is 113 Å². The molecular weight excluding hydrogens is 857 g/mol. The maximum Gasteiger partial charge on any atom is 0.344 e. The number of carbonyl (C=O) groups is 3. The number of piperidine rings is 1. The van der Waals surface area contributed by atoms with E-state index in [2.05, 4.69) is 89.6 Å². The van der Waals surface area contributed by atoms with Gasteiger partial charge >= 0.3 is 17.9 Å². The number of fused-ring (bicyclic) bond motifs is 8. The van der Waals surface area contributed by atoms with Crippen LogP contribution in [0, 0.1) is 23.2 Å². The van der Waals surface area contributed by atoms with Gasteiger partial charge in [-0.1, -0.05) is 80.4 Å². The number of quaternary nitrogens is 1. The lowest BCUT2D eigenvalue weighted by Gasteiger charge is -2.63. The van der Waals surface area contributed by atoms with Crippen LogP contribution in [0.3, 0.4) is 0 Å². The fraction of sp³-hybridized carbons (Fsp3) is 0.554. The van der Waals surface area contributed by atoms with Crippen LogP contribution in [0.4, 0.5) is 5.69 Å². The summed E-state index contributed by atoms with van der Waals surface area (Å²) >= 11 is 0. The highest BCUT2D eigenvalue weighted by Gasteiger charge is 2.80. The van der Waals surface area contributed by atoms with Gasteiger partial charge in [0.05, 0.1) is 47.0 Å². The average molecular weight is 926 g/mol. The third-order valence-corrected chi connectivity index (χ3v) is 18.8. The number of benzene rings is 3. The molecule has 11 rings (SSSR count). The van der Waals surface area contributed by atoms with Gasteiger partial charge in [0.15, 0.2) is 6.10 Å². The fourth-order valence-electron chi connectivity index (χ4n) is 16.6. The van der Waals surface area contributed by atoms with Crippen LogP contribution in [0.2, 0.25) is 0 Å². The minimum absolute atomic E-state index is 0.169. The highest BCUT2D eigenvalue weighted by atomic mass is 16.6. The molecule has 0 radical (unpaired) electrons. The first-order valence-corrected chi connectivity index (χ1v) is 25.3. The van der Waals surface area contributed by atoms with E-state index in [4.69, 9.17) is 18.9 Å². The molecule has 12 heteroatoms. The van der Waals surface area contributed by atoms with E-state index in [1.54, 1.807) is 7.11 Å². The molecule has 11 atom stereocenters. The third-order valence-electron chi connectivity index (χ3n) is 18.8. The summed E-state index contributed by atoms with van der Waals surface area (Å²) in [5.74, 6) is -0.0769. The molecule has 5 aliphatic heterocycles. The third kappa shape index (κ3) is 6.17. The minimum atomic E-state index is -2.29. The lowest BCUT2D eigenvalue weighted by atomic mass is 9.47. The first kappa shape index (κ1) is 45.3. The number of aliphatic hydroxyl groups is 1. The van der Waals surface area contributed by atoms with Gasteiger partial charge in [-0.15, -0.1) is 0 Å². The Labute approximate surface area is 400 Å². The molecule has 2 aliphatic carbocycles. The molecule has 4 aromatic rings. The molecule has 1 unspecified atom stereocenters. The first-order valence-electron chi connectivity index (χ1n) is 25.3. The lowest BCUT2D eigenvalue weighted by molar-refractivity contribution is -0.954. The number of esters is 3. The largest absolute Gasteiger partial charge is 0.496 e. The van der Waals surface area contributed by atoms with Crippen LogP contribution >= 0.6 is 0 Å². The number of likely N-dealkylation sites (N-methyl/N-ethyl adjacent to an activating group) is 1. The van der Waals surface area contributed by atoms with Crippen LogP contribution in [0.15, 0.2) is 78.9 Å². The molecule has 2 bridgehead atoms. The molecule has 3 aromatic carbocycles. The summed E-state index contributed by atoms with van der Waals surface area (Å²) in [6.45, 7) is 8.85. The maximum absolute atomic E-state index is 16.0. The zero-order chi connectivity index (χ0) is 47.4. The molecule has 6 heterocycles. The minimum Gasteiger partial charge on any atom is -0.496 e. The van der Waals surface area contributed by atoms with Crippen molar-refractivity contribution in [3.8, 4) is 5.75 Å². The van der Waals surface area contributed by atoms with Crippen molar-refractivity contribution in [2.24, 2.45) is 23.2 Å². The lowest BCUT2D eigenvalue weighted by Crippen LogP contribution is -2.81. The summed E-state index contributed by atoms with van der Waals surface area (Å²) in [6, 6.07) is 22.5. The molecular formula is C56H69N4O8+. The van der Waals surface area contributed by atoms with E-state index in [1.807, 2.05) is 18.0 Å². The Hall–Kier alpha value is -5.17. The molecule has 12 nitrogen and oxygen atoms in total. The summed E-state index contributed by atoms with van der Waals surface area (Å²) in [5, 5.41) is 14.7. The molecule has 2 saturated heterocycles. The number of rotatable bonds is 8. The van der Waals surface area contributed by atoms with Crippen molar-refractivity contribution in [1.29, 1.82) is 0 Å². The van der Waals surface area contributed by atoms with Crippen molar-refractivity contribution < 1.29 is 42.9 Å². The predicted octanol–water partition coefficient (Wildman–Crippen LogP) is 7.37. The number of aromatic nitrogens is 1. The summed E-state index contributed by atoms with van der Waals surface area (Å²) in [4.78, 5) is 52.2. The Balaban J connectivity index is 1.19. The molecule has 360 valence electrons. The number of ether oxygens (including phenoxy) is 4. The Morgan fingerprint density at radius 2 is 1.65 bits per heavy atom. The quantitative estimate of drug-likeness (QED) is 0.0800. The molecule has 2 saturated carbocycles. The second-order valence-electron chi connectivity index (χ2n) is 21.7. The maximum atomic E-state index is 16.0. The SMILES string of the molecule is CC[C@]12C=CCN3CC[C@@]4(c5cc([C@@]6(C(=O)OC)C[C@H]7C[N+](Cc8ccccc8)(CCCc8c6[nH]c6ccccc86)C[C@H]6CCCC[C@H]67)c(OC)cc5N(C)[C@H]4[C@@](O)(C(=O)OC)[C@@H]1OC(C)=O)[C@@H]32. The number of hydrogen-bond donors (Lipinski definition) is 2. The fourth-order valence-corrected chi connectivity index (χ4v) is 16.6. The van der Waals surface area contributed by atoms with Crippen LogP contribution in [0.25, 0.3) is 10.9 Å². The van der Waals surface area contributed by atoms with Gasteiger partial charge in [-0.25, -0.2) is 4.79 Å². The van der Waals surface area contributed by atoms with Crippen molar-refractivity contribution in [3.05, 3.63) is 107 Å². The molecule has 0 amide bonds. The zero-order valence-corrected chi connectivity index (χ0v) is 40.7. The zero-order valence-electron chi connectivity index (χ0n) is 40.7. The number of methoxy groups -OCH3 is 3. The number of anilines is 1. The number of nitrogens with zero attached hydrogens (tertiary/aromatic N) is 3. The monoisotopic (exact) mass is 926 g/mol. The Bertz CT molecular complexity index is 2680. The highest BCUT2D eigenvalue weighted by Crippen LogP contribution is 2.68. The van der Waals surface area contributed by atoms with E-state index < -0.39 is 45.9 Å². The molecule has 68 heavy (non-hydrogen) atoms. The number of H-pyrrole nitrogens is 1. The van der Waals surface area contributed by atoms with Gasteiger partial charge in [-0.3, -0.25) is 14.5 Å². The smallest absolute Gasteiger partial charge is 0.344 e. The molecule has 4 fully saturated rings. The summed E-state index contributed by atoms with van der Waals surface area (Å²) < 4.78 is 25.6. The van der Waals surface area contributed by atoms with Crippen LogP contribution in [0.5, 0.6) is 5.75 Å². The highest BCUT2D eigenvalue weighted by molar-refractivity contribution is 5.95. The van der Waals surface area contributed by atoms with Crippen LogP contribution in [-0.2, 0) is 52.4 Å². The van der Waals surface area contributed by atoms with E-state index in [0.29, 0.717) is 49.9 Å². The van der Waals surface area contributed by atoms with Gasteiger partial charge in [-0.2, -0.15) is 0 Å². The summed E-state index contributed by atoms with van der Waals surface area (Å²) in [6.07, 6.45) is 11.0. The van der Waals surface area contributed by atoms with Gasteiger partial charge in [0, 0.05) is 95.1 Å². The number of para-hydroxylation sites is 1. The van der Waals surface area contributed by atoms with Crippen LogP contribution in [0.1, 0.15) is 93.2 Å². The topological polar surface area (TPSA) is 131 Å². The van der Waals surface area contributed by atoms with Gasteiger partial charge in [0.25, 0.3) is 0 Å². The molecule has 7 aliphatic rings. The Kier molecular flexibility index (Phi) is 11.0. The first-order chi connectivity index (χ1) is 32.9. The van der Waals surface area contributed by atoms with Crippen molar-refractivity contribution in [2.75, 3.05) is 66.0 Å². The number of nitrogens with one attached hydrogen (secondary N) is 1. The number of aryl methyl sites for hydroxylation is 1. The van der Waals surface area contributed by atoms with E-state index >= 15 is 4.79 Å². The van der Waals surface area contributed by atoms with Crippen molar-refractivity contribution in [1.82, 2.24) is 9.88 Å². The second-order valence-corrected chi connectivity index (χ2v) is 21.7. The standard InChI is InChI=1S/C56H69N4O8/c1-7-53-24-16-26-59-27-25-54(48(53)59)42-29-43(46(65-4)30-45(42)58(3)49(54)56(64,52(63)67-6)50(53)68-35(2)61)55(51(62)66-5)31-38-34-60(32-36-17-9-8-10-18-36,33-37-19-11-12-20-39(37)38)28-15-22-41-40-21-13-14-23-44(40)57-47(41)55/h8-10,13-14,16-18,21,23-24,29-30,37-39,48-50,57,64H,7,11-12,15,19-20,22,25-28,31-34H2,1-6H3/q+1/t37-,38+,39-,48+,49-,50-,53-,54-,55+,56+,60?/m1/s1. The van der Waals surface area contributed by atoms with Gasteiger partial charge in [0.1, 0.15) is 17.7 Å². The Morgan fingerprint density at radius 3 is 2.40 bits per heavy atom. The van der Waals surface area contributed by atoms with Gasteiger partial charge in [-0.05, 0) is 74.2 Å². The number of carbonyl (C=O) groups excluding carboxylic acids is 3. The number of hydrogen-bond acceptors (Lipinski definition) is 10. The summed E-state index contributed by atoms with van der Waals surface area (Å²) in [7, 11) is 6.41. The second kappa shape index (κ2) is 16.5.